The number of aromatic nitrogens is 1. The van der Waals surface area contributed by atoms with Crippen molar-refractivity contribution >= 4 is 5.69 Å². The van der Waals surface area contributed by atoms with E-state index in [4.69, 9.17) is 15.9 Å². The van der Waals surface area contributed by atoms with Crippen LogP contribution in [0.1, 0.15) is 0 Å². The van der Waals surface area contributed by atoms with Gasteiger partial charge in [0.1, 0.15) is 0 Å². The number of nitrogens with two attached hydrogens (primary N) is 1. The largest absolute Gasteiger partial charge is 0.398 e. The van der Waals surface area contributed by atoms with Crippen molar-refractivity contribution < 1.29 is 10.2 Å². The number of rotatable bonds is 3. The van der Waals surface area contributed by atoms with Gasteiger partial charge >= 0.3 is 0 Å². The first-order valence-corrected chi connectivity index (χ1v) is 3.42. The molecule has 0 saturated carbocycles. The number of nitrogens with zero attached hydrogens (tertiary/aromatic N) is 1. The minimum Gasteiger partial charge on any atom is -0.398 e. The van der Waals surface area contributed by atoms with Crippen molar-refractivity contribution in [2.24, 2.45) is 0 Å². The van der Waals surface area contributed by atoms with Crippen molar-refractivity contribution in [1.82, 2.24) is 4.57 Å². The van der Waals surface area contributed by atoms with Crippen LogP contribution in [0.25, 0.3) is 0 Å². The van der Waals surface area contributed by atoms with Crippen molar-refractivity contribution in [2.45, 2.75) is 12.6 Å². The minimum atomic E-state index is -0.707. The van der Waals surface area contributed by atoms with E-state index in [9.17, 15) is 0 Å². The van der Waals surface area contributed by atoms with E-state index >= 15 is 0 Å². The molecule has 0 bridgehead atoms. The maximum absolute atomic E-state index is 9.01. The highest BCUT2D eigenvalue weighted by Crippen LogP contribution is 2.02. The van der Waals surface area contributed by atoms with Gasteiger partial charge in [0.25, 0.3) is 0 Å². The Kier molecular flexibility index (Phi) is 2.51. The SMILES string of the molecule is Nc1ccn(C[C@@H](O)CO)c1. The third-order valence-electron chi connectivity index (χ3n) is 1.41. The van der Waals surface area contributed by atoms with Crippen LogP contribution in [0.4, 0.5) is 5.69 Å². The Labute approximate surface area is 64.9 Å². The molecule has 11 heavy (non-hydrogen) atoms. The molecule has 0 aliphatic carbocycles. The third kappa shape index (κ3) is 2.25. The van der Waals surface area contributed by atoms with Crippen LogP contribution in [0.5, 0.6) is 0 Å². The number of hydrogen-bond donors (Lipinski definition) is 3. The van der Waals surface area contributed by atoms with Crippen LogP contribution in [-0.2, 0) is 6.54 Å². The number of anilines is 1. The Morgan fingerprint density at radius 1 is 1.64 bits per heavy atom. The summed E-state index contributed by atoms with van der Waals surface area (Å²) in [4.78, 5) is 0. The van der Waals surface area contributed by atoms with Gasteiger partial charge in [0.15, 0.2) is 0 Å². The molecule has 0 radical (unpaired) electrons. The number of aliphatic hydroxyl groups excluding tert-OH is 2. The number of aliphatic hydroxyl groups is 2. The van der Waals surface area contributed by atoms with Gasteiger partial charge in [0.05, 0.1) is 19.3 Å². The summed E-state index contributed by atoms with van der Waals surface area (Å²) in [5.74, 6) is 0. The molecule has 0 spiro atoms. The summed E-state index contributed by atoms with van der Waals surface area (Å²) in [5, 5.41) is 17.5. The predicted octanol–water partition coefficient (Wildman–Crippen LogP) is -0.577. The van der Waals surface area contributed by atoms with Crippen LogP contribution < -0.4 is 5.73 Å². The molecule has 4 N–H and O–H groups in total. The fourth-order valence-corrected chi connectivity index (χ4v) is 0.874. The zero-order valence-electron chi connectivity index (χ0n) is 6.14. The van der Waals surface area contributed by atoms with Crippen molar-refractivity contribution in [3.05, 3.63) is 18.5 Å². The Hall–Kier alpha value is -1.00. The van der Waals surface area contributed by atoms with Crippen LogP contribution in [-0.4, -0.2) is 27.5 Å². The van der Waals surface area contributed by atoms with Crippen molar-refractivity contribution in [3.63, 3.8) is 0 Å². The highest BCUT2D eigenvalue weighted by atomic mass is 16.3. The average molecular weight is 156 g/mol. The third-order valence-corrected chi connectivity index (χ3v) is 1.41. The monoisotopic (exact) mass is 156 g/mol. The lowest BCUT2D eigenvalue weighted by Gasteiger charge is -2.06. The molecule has 4 heteroatoms. The van der Waals surface area contributed by atoms with Crippen molar-refractivity contribution in [3.8, 4) is 0 Å². The summed E-state index contributed by atoms with van der Waals surface area (Å²) in [5.41, 5.74) is 6.09. The van der Waals surface area contributed by atoms with E-state index in [1.165, 1.54) is 0 Å². The van der Waals surface area contributed by atoms with Crippen LogP contribution in [0.2, 0.25) is 0 Å². The first-order chi connectivity index (χ1) is 5.22. The molecule has 1 aromatic heterocycles. The van der Waals surface area contributed by atoms with E-state index in [1.807, 2.05) is 0 Å². The first kappa shape index (κ1) is 8.10. The highest BCUT2D eigenvalue weighted by molar-refractivity contribution is 5.34. The molecular formula is C7H12N2O2. The van der Waals surface area contributed by atoms with Crippen LogP contribution in [0, 0.1) is 0 Å². The van der Waals surface area contributed by atoms with Gasteiger partial charge < -0.3 is 20.5 Å². The van der Waals surface area contributed by atoms with E-state index in [0.717, 1.165) is 0 Å². The maximum atomic E-state index is 9.01. The standard InChI is InChI=1S/C7H12N2O2/c8-6-1-2-9(3-6)4-7(11)5-10/h1-3,7,10-11H,4-5,8H2/t7-/m1/s1. The molecule has 0 aliphatic heterocycles. The fourth-order valence-electron chi connectivity index (χ4n) is 0.874. The Balaban J connectivity index is 2.50. The van der Waals surface area contributed by atoms with E-state index in [0.29, 0.717) is 12.2 Å². The highest BCUT2D eigenvalue weighted by Gasteiger charge is 2.01. The van der Waals surface area contributed by atoms with Gasteiger partial charge in [-0.15, -0.1) is 0 Å². The quantitative estimate of drug-likeness (QED) is 0.548. The molecule has 1 rings (SSSR count). The second-order valence-corrected chi connectivity index (χ2v) is 2.48. The molecule has 0 unspecified atom stereocenters. The molecule has 0 saturated heterocycles. The maximum Gasteiger partial charge on any atom is 0.0949 e. The van der Waals surface area contributed by atoms with Crippen LogP contribution in [0.3, 0.4) is 0 Å². The molecule has 0 amide bonds. The molecule has 0 fully saturated rings. The average Bonchev–Trinajstić information content (AvgIpc) is 2.35. The predicted molar refractivity (Wildman–Crippen MR) is 41.9 cm³/mol. The lowest BCUT2D eigenvalue weighted by atomic mass is 10.4. The summed E-state index contributed by atoms with van der Waals surface area (Å²) in [6, 6.07) is 1.74. The van der Waals surface area contributed by atoms with Crippen molar-refractivity contribution in [2.75, 3.05) is 12.3 Å². The van der Waals surface area contributed by atoms with E-state index in [-0.39, 0.29) is 6.61 Å². The second kappa shape index (κ2) is 3.41. The van der Waals surface area contributed by atoms with Crippen LogP contribution >= 0.6 is 0 Å². The molecule has 0 aromatic carbocycles. The Morgan fingerprint density at radius 2 is 2.36 bits per heavy atom. The van der Waals surface area contributed by atoms with Gasteiger partial charge in [-0.05, 0) is 6.07 Å². The van der Waals surface area contributed by atoms with E-state index < -0.39 is 6.10 Å². The van der Waals surface area contributed by atoms with E-state index in [1.54, 1.807) is 23.0 Å². The van der Waals surface area contributed by atoms with Gasteiger partial charge in [-0.3, -0.25) is 0 Å². The number of nitrogen functional groups attached to an aromatic ring is 1. The molecule has 1 atom stereocenters. The number of hydrogen-bond acceptors (Lipinski definition) is 3. The summed E-state index contributed by atoms with van der Waals surface area (Å²) in [7, 11) is 0. The fraction of sp³-hybridized carbons (Fsp3) is 0.429. The summed E-state index contributed by atoms with van der Waals surface area (Å²) in [6.07, 6.45) is 2.76. The second-order valence-electron chi connectivity index (χ2n) is 2.48. The van der Waals surface area contributed by atoms with Crippen LogP contribution in [0.15, 0.2) is 18.5 Å². The van der Waals surface area contributed by atoms with Gasteiger partial charge in [-0.2, -0.15) is 0 Å². The van der Waals surface area contributed by atoms with E-state index in [2.05, 4.69) is 0 Å². The minimum absolute atomic E-state index is 0.224. The Bertz CT molecular complexity index is 222. The molecule has 4 nitrogen and oxygen atoms in total. The topological polar surface area (TPSA) is 71.4 Å². The molecule has 1 heterocycles. The van der Waals surface area contributed by atoms with Gasteiger partial charge in [-0.1, -0.05) is 0 Å². The lowest BCUT2D eigenvalue weighted by molar-refractivity contribution is 0.0813. The zero-order valence-corrected chi connectivity index (χ0v) is 6.14. The summed E-state index contributed by atoms with van der Waals surface area (Å²) < 4.78 is 1.73. The zero-order chi connectivity index (χ0) is 8.27. The van der Waals surface area contributed by atoms with Gasteiger partial charge in [-0.25, -0.2) is 0 Å². The molecule has 0 aliphatic rings. The molecule has 1 aromatic rings. The Morgan fingerprint density at radius 3 is 2.82 bits per heavy atom. The van der Waals surface area contributed by atoms with Gasteiger partial charge in [0.2, 0.25) is 0 Å². The molecule has 62 valence electrons. The van der Waals surface area contributed by atoms with Crippen molar-refractivity contribution in [1.29, 1.82) is 0 Å². The lowest BCUT2D eigenvalue weighted by Crippen LogP contribution is -2.18. The summed E-state index contributed by atoms with van der Waals surface area (Å²) >= 11 is 0. The van der Waals surface area contributed by atoms with Gasteiger partial charge in [0, 0.05) is 18.1 Å². The smallest absolute Gasteiger partial charge is 0.0949 e. The normalized spacial score (nSPS) is 13.3. The summed E-state index contributed by atoms with van der Waals surface area (Å²) in [6.45, 7) is 0.159. The molecular weight excluding hydrogens is 144 g/mol. The first-order valence-electron chi connectivity index (χ1n) is 3.42.